The number of furan rings is 1. The third kappa shape index (κ3) is 5.29. The molecule has 3 heterocycles. The molecule has 62 heavy (non-hydrogen) atoms. The van der Waals surface area contributed by atoms with Crippen molar-refractivity contribution in [2.75, 3.05) is 19.7 Å². The Morgan fingerprint density at radius 1 is 0.919 bits per heavy atom. The van der Waals surface area contributed by atoms with E-state index in [0.717, 1.165) is 31.4 Å². The molecule has 2 aromatic rings. The van der Waals surface area contributed by atoms with E-state index in [4.69, 9.17) is 25.5 Å². The van der Waals surface area contributed by atoms with E-state index in [-0.39, 0.29) is 70.4 Å². The summed E-state index contributed by atoms with van der Waals surface area (Å²) in [5.41, 5.74) is -7.34. The van der Waals surface area contributed by atoms with Crippen LogP contribution in [0.5, 0.6) is 0 Å². The van der Waals surface area contributed by atoms with Gasteiger partial charge in [-0.25, -0.2) is 0 Å². The van der Waals surface area contributed by atoms with E-state index >= 15 is 9.59 Å². The molecular weight excluding hydrogens is 823 g/mol. The first-order chi connectivity index (χ1) is 29.0. The molecule has 2 N–H and O–H groups in total. The number of allylic oxidation sites excluding steroid dienone is 4. The van der Waals surface area contributed by atoms with Gasteiger partial charge in [0.25, 0.3) is 5.91 Å². The summed E-state index contributed by atoms with van der Waals surface area (Å²) in [6, 6.07) is 5.96. The summed E-state index contributed by atoms with van der Waals surface area (Å²) in [6.45, 7) is 11.0. The Morgan fingerprint density at radius 3 is 2.32 bits per heavy atom. The van der Waals surface area contributed by atoms with Gasteiger partial charge < -0.3 is 29.0 Å². The van der Waals surface area contributed by atoms with Crippen LogP contribution in [0.4, 0.5) is 13.2 Å². The van der Waals surface area contributed by atoms with Crippen LogP contribution in [0.2, 0.25) is 5.02 Å². The number of ketones is 1. The van der Waals surface area contributed by atoms with Gasteiger partial charge in [-0.05, 0) is 125 Å². The third-order valence-electron chi connectivity index (χ3n) is 19.0. The SMILES string of the molecule is CC1(C)[C@@]2(C)CC[C@]1(C(=O)N(C[C@H]1CCCO1)C[C@]1(O)CC[C@H]3[C@]45C=C[C@@]6(C=C4C(=O)c4ccc(-c7cc(C(F)(F)F)ccc7Cl)o4)CC(O)CC[C@]6(C)[C@H]5CC[C@@]31C)OC2=O. The molecule has 1 aromatic carbocycles. The first kappa shape index (κ1) is 42.5. The number of carbonyl (C=O) groups excluding carboxylic acids is 3. The van der Waals surface area contributed by atoms with Gasteiger partial charge in [0.15, 0.2) is 11.4 Å². The zero-order chi connectivity index (χ0) is 44.3. The van der Waals surface area contributed by atoms with Crippen LogP contribution in [0, 0.1) is 44.3 Å². The van der Waals surface area contributed by atoms with Gasteiger partial charge in [-0.15, -0.1) is 0 Å². The highest BCUT2D eigenvalue weighted by Crippen LogP contribution is 2.78. The van der Waals surface area contributed by atoms with Crippen molar-refractivity contribution >= 4 is 29.3 Å². The van der Waals surface area contributed by atoms with Crippen LogP contribution in [0.25, 0.3) is 11.3 Å². The largest absolute Gasteiger partial charge is 0.453 e. The summed E-state index contributed by atoms with van der Waals surface area (Å²) in [5, 5.41) is 24.6. The van der Waals surface area contributed by atoms with Crippen LogP contribution in [-0.4, -0.2) is 75.9 Å². The predicted octanol–water partition coefficient (Wildman–Crippen LogP) is 9.52. The van der Waals surface area contributed by atoms with Crippen molar-refractivity contribution < 1.29 is 51.7 Å². The van der Waals surface area contributed by atoms with E-state index in [2.05, 4.69) is 32.1 Å². The molecular formula is C49H57ClF3NO8. The van der Waals surface area contributed by atoms with Crippen molar-refractivity contribution in [3.05, 3.63) is 70.5 Å². The van der Waals surface area contributed by atoms with Gasteiger partial charge in [-0.1, -0.05) is 57.5 Å². The maximum absolute atomic E-state index is 15.3. The van der Waals surface area contributed by atoms with Crippen LogP contribution in [-0.2, 0) is 25.2 Å². The van der Waals surface area contributed by atoms with Gasteiger partial charge in [0, 0.05) is 45.9 Å². The highest BCUT2D eigenvalue weighted by atomic mass is 35.5. The fraction of sp³-hybridized carbons (Fsp3) is 0.653. The summed E-state index contributed by atoms with van der Waals surface area (Å²) in [5.74, 6) is -1.35. The molecule has 0 radical (unpaired) electrons. The van der Waals surface area contributed by atoms with Gasteiger partial charge in [-0.2, -0.15) is 13.2 Å². The number of esters is 1. The van der Waals surface area contributed by atoms with Crippen molar-refractivity contribution in [2.24, 2.45) is 44.3 Å². The minimum Gasteiger partial charge on any atom is -0.453 e. The summed E-state index contributed by atoms with van der Waals surface area (Å²) < 4.78 is 59.7. The minimum absolute atomic E-state index is 0.00886. The van der Waals surface area contributed by atoms with Crippen LogP contribution in [0.15, 0.2) is 58.6 Å². The Labute approximate surface area is 365 Å². The standard InChI is InChI=1S/C49H57ClF3NO8/c1-41(2)44(5)18-21-48(41,62-40(44)58)39(57)54(26-30-7-6-22-60-30)27-46(59)17-14-37-43(46,4)16-13-36-42(3)15-12-29(55)24-45(42)19-20-47(36,37)32(25-45)38(56)35-11-10-34(61-35)31-23-28(49(51,52)53)8-9-33(31)50/h8-11,19-20,23,25,29-30,36-37,55,59H,6-7,12-18,21-22,24,26-27H2,1-5H3/t29?,30-,36-,37-,42-,43+,44+,45+,46-,47-,48-/m1/s1. The van der Waals surface area contributed by atoms with Crippen LogP contribution < -0.4 is 0 Å². The minimum atomic E-state index is -4.61. The van der Waals surface area contributed by atoms with Gasteiger partial charge in [0.05, 0.1) is 40.4 Å². The molecule has 1 unspecified atom stereocenters. The predicted molar refractivity (Wildman–Crippen MR) is 223 cm³/mol. The Morgan fingerprint density at radius 2 is 1.65 bits per heavy atom. The molecule has 9 aliphatic rings. The molecule has 6 fully saturated rings. The number of rotatable bonds is 8. The molecule has 1 aromatic heterocycles. The third-order valence-corrected chi connectivity index (χ3v) is 19.3. The van der Waals surface area contributed by atoms with Crippen LogP contribution in [0.1, 0.15) is 121 Å². The number of carbonyl (C=O) groups is 3. The second-order valence-electron chi connectivity index (χ2n) is 21.5. The van der Waals surface area contributed by atoms with E-state index in [1.165, 1.54) is 18.2 Å². The first-order valence-electron chi connectivity index (χ1n) is 22.5. The van der Waals surface area contributed by atoms with Gasteiger partial charge in [0.1, 0.15) is 5.76 Å². The number of alkyl halides is 3. The van der Waals surface area contributed by atoms with Crippen molar-refractivity contribution in [3.8, 4) is 11.3 Å². The van der Waals surface area contributed by atoms with Crippen molar-refractivity contribution in [1.82, 2.24) is 4.90 Å². The Balaban J connectivity index is 1.04. The zero-order valence-electron chi connectivity index (χ0n) is 36.1. The number of hydrogen-bond acceptors (Lipinski definition) is 8. The normalized spacial score (nSPS) is 42.3. The maximum Gasteiger partial charge on any atom is 0.416 e. The lowest BCUT2D eigenvalue weighted by molar-refractivity contribution is -0.188. The average molecular weight is 880 g/mol. The average Bonchev–Trinajstić information content (AvgIpc) is 4.03. The molecule has 4 bridgehead atoms. The monoisotopic (exact) mass is 879 g/mol. The van der Waals surface area contributed by atoms with Gasteiger partial charge in [0.2, 0.25) is 5.78 Å². The number of hydrogen-bond donors (Lipinski definition) is 2. The molecule has 2 aliphatic heterocycles. The highest BCUT2D eigenvalue weighted by Gasteiger charge is 2.78. The van der Waals surface area contributed by atoms with E-state index in [1.807, 2.05) is 20.8 Å². The number of benzene rings is 1. The Hall–Kier alpha value is -3.45. The van der Waals surface area contributed by atoms with Crippen LogP contribution >= 0.6 is 11.6 Å². The number of aliphatic hydroxyl groups excluding tert-OH is 1. The Bertz CT molecular complexity index is 2330. The molecule has 9 nitrogen and oxygen atoms in total. The quantitative estimate of drug-likeness (QED) is 0.153. The lowest BCUT2D eigenvalue weighted by Crippen LogP contribution is -2.68. The number of halogens is 4. The molecule has 1 amide bonds. The summed E-state index contributed by atoms with van der Waals surface area (Å²) in [4.78, 5) is 45.6. The number of nitrogens with zero attached hydrogens (tertiary/aromatic N) is 1. The van der Waals surface area contributed by atoms with E-state index in [9.17, 15) is 28.2 Å². The summed E-state index contributed by atoms with van der Waals surface area (Å²) in [6.07, 6.45) is 7.63. The molecule has 11 rings (SSSR count). The molecule has 2 spiro atoms. The number of amides is 1. The Kier molecular flexibility index (Phi) is 9.13. The second kappa shape index (κ2) is 13.3. The molecule has 7 aliphatic carbocycles. The second-order valence-corrected chi connectivity index (χ2v) is 21.9. The summed E-state index contributed by atoms with van der Waals surface area (Å²) >= 11 is 6.42. The number of Topliss-reactive ketones (excluding diaryl/α,β-unsaturated/α-hetero) is 1. The topological polar surface area (TPSA) is 127 Å². The van der Waals surface area contributed by atoms with E-state index in [1.54, 1.807) is 4.90 Å². The van der Waals surface area contributed by atoms with E-state index in [0.29, 0.717) is 63.5 Å². The lowest BCUT2D eigenvalue weighted by atomic mass is 9.32. The number of fused-ring (bicyclic) bond motifs is 3. The van der Waals surface area contributed by atoms with Gasteiger partial charge in [-0.3, -0.25) is 14.4 Å². The fourth-order valence-corrected chi connectivity index (χ4v) is 15.0. The number of ether oxygens (including phenoxy) is 2. The first-order valence-corrected chi connectivity index (χ1v) is 22.9. The molecule has 4 saturated carbocycles. The lowest BCUT2D eigenvalue weighted by Gasteiger charge is -2.71. The van der Waals surface area contributed by atoms with Crippen molar-refractivity contribution in [2.45, 2.75) is 135 Å². The molecule has 11 atom stereocenters. The van der Waals surface area contributed by atoms with Gasteiger partial charge >= 0.3 is 12.1 Å². The molecule has 334 valence electrons. The maximum atomic E-state index is 15.3. The van der Waals surface area contributed by atoms with Crippen LogP contribution in [0.3, 0.4) is 0 Å². The van der Waals surface area contributed by atoms with E-state index < -0.39 is 61.9 Å². The summed E-state index contributed by atoms with van der Waals surface area (Å²) in [7, 11) is 0. The highest BCUT2D eigenvalue weighted by molar-refractivity contribution is 6.33. The smallest absolute Gasteiger partial charge is 0.416 e. The fourth-order valence-electron chi connectivity index (χ4n) is 14.8. The van der Waals surface area contributed by atoms with Crippen molar-refractivity contribution in [1.29, 1.82) is 0 Å². The van der Waals surface area contributed by atoms with Crippen molar-refractivity contribution in [3.63, 3.8) is 0 Å². The molecule has 2 saturated heterocycles. The zero-order valence-corrected chi connectivity index (χ0v) is 36.9. The molecule has 13 heteroatoms. The number of aliphatic hydroxyl groups is 2.